The second kappa shape index (κ2) is 18.9. The molecular weight excluding hydrogens is 880 g/mol. The van der Waals surface area contributed by atoms with Crippen molar-refractivity contribution in [3.05, 3.63) is 12.2 Å². The van der Waals surface area contributed by atoms with Crippen molar-refractivity contribution in [1.82, 2.24) is 0 Å². The largest absolute Gasteiger partial charge is 0.432 e. The molecule has 26 atom stereocenters. The molecule has 4 aliphatic carbocycles. The van der Waals surface area contributed by atoms with Gasteiger partial charge in [0.1, 0.15) is 97.7 Å². The van der Waals surface area contributed by atoms with E-state index in [1.807, 2.05) is 6.92 Å². The third-order valence-corrected chi connectivity index (χ3v) is 17.5. The highest BCUT2D eigenvalue weighted by Gasteiger charge is 2.71. The summed E-state index contributed by atoms with van der Waals surface area (Å²) >= 11 is 0. The predicted molar refractivity (Wildman–Crippen MR) is 218 cm³/mol. The van der Waals surface area contributed by atoms with Crippen LogP contribution >= 0.6 is 0 Å². The maximum absolute atomic E-state index is 14.3. The second-order valence-corrected chi connectivity index (χ2v) is 20.9. The molecule has 14 N–H and O–H groups in total. The first-order chi connectivity index (χ1) is 31.2. The molecule has 378 valence electrons. The van der Waals surface area contributed by atoms with Gasteiger partial charge in [-0.3, -0.25) is 4.79 Å². The van der Waals surface area contributed by atoms with Crippen LogP contribution in [0.5, 0.6) is 0 Å². The van der Waals surface area contributed by atoms with E-state index < -0.39 is 177 Å². The van der Waals surface area contributed by atoms with Crippen LogP contribution in [0.25, 0.3) is 0 Å². The van der Waals surface area contributed by atoms with Gasteiger partial charge in [-0.15, -0.1) is 0 Å². The highest BCUT2D eigenvalue weighted by molar-refractivity contribution is 5.77. The number of carbonyl (C=O) groups excluding carboxylic acids is 1. The molecule has 0 radical (unpaired) electrons. The van der Waals surface area contributed by atoms with Crippen molar-refractivity contribution in [1.29, 1.82) is 0 Å². The Labute approximate surface area is 381 Å². The van der Waals surface area contributed by atoms with Crippen LogP contribution in [-0.4, -0.2) is 227 Å². The summed E-state index contributed by atoms with van der Waals surface area (Å²) in [5.41, 5.74) is -2.19. The highest BCUT2D eigenvalue weighted by Crippen LogP contribution is 2.76. The summed E-state index contributed by atoms with van der Waals surface area (Å²) in [5, 5.41) is 149. The van der Waals surface area contributed by atoms with Crippen molar-refractivity contribution in [3.8, 4) is 0 Å². The van der Waals surface area contributed by atoms with Gasteiger partial charge in [-0.25, -0.2) is 0 Å². The summed E-state index contributed by atoms with van der Waals surface area (Å²) < 4.78 is 42.2. The van der Waals surface area contributed by atoms with Gasteiger partial charge in [0.2, 0.25) is 6.29 Å². The van der Waals surface area contributed by atoms with Gasteiger partial charge in [0.05, 0.1) is 37.9 Å². The average Bonchev–Trinajstić information content (AvgIpc) is 3.50. The maximum Gasteiger partial charge on any atom is 0.314 e. The summed E-state index contributed by atoms with van der Waals surface area (Å²) in [6.07, 6.45) is -28.0. The predicted octanol–water partition coefficient (Wildman–Crippen LogP) is -4.84. The van der Waals surface area contributed by atoms with E-state index in [9.17, 15) is 76.3 Å². The van der Waals surface area contributed by atoms with Crippen LogP contribution in [0.3, 0.4) is 0 Å². The molecule has 66 heavy (non-hydrogen) atoms. The van der Waals surface area contributed by atoms with E-state index in [1.54, 1.807) is 0 Å². The first kappa shape index (κ1) is 50.8. The second-order valence-electron chi connectivity index (χ2n) is 20.9. The summed E-state index contributed by atoms with van der Waals surface area (Å²) in [4.78, 5) is 14.3. The highest BCUT2D eigenvalue weighted by atomic mass is 16.8. The Morgan fingerprint density at radius 1 is 0.576 bits per heavy atom. The zero-order valence-electron chi connectivity index (χ0n) is 37.1. The third kappa shape index (κ3) is 8.01. The van der Waals surface area contributed by atoms with Gasteiger partial charge in [0.25, 0.3) is 0 Å². The van der Waals surface area contributed by atoms with Crippen LogP contribution in [0.4, 0.5) is 0 Å². The monoisotopic (exact) mass is 950 g/mol. The normalized spacial score (nSPS) is 55.2. The van der Waals surface area contributed by atoms with Gasteiger partial charge in [-0.05, 0) is 81.0 Å². The lowest BCUT2D eigenvalue weighted by Crippen LogP contribution is -2.69. The molecule has 8 fully saturated rings. The van der Waals surface area contributed by atoms with Gasteiger partial charge in [-0.1, -0.05) is 25.5 Å². The van der Waals surface area contributed by atoms with E-state index >= 15 is 0 Å². The molecule has 1 spiro atoms. The van der Waals surface area contributed by atoms with E-state index in [4.69, 9.17) is 33.2 Å². The van der Waals surface area contributed by atoms with E-state index in [0.29, 0.717) is 51.4 Å². The molecule has 0 amide bonds. The van der Waals surface area contributed by atoms with Crippen molar-refractivity contribution in [2.24, 2.45) is 33.5 Å². The minimum atomic E-state index is -1.93. The summed E-state index contributed by atoms with van der Waals surface area (Å²) in [7, 11) is 0. The molecule has 4 saturated heterocycles. The Bertz CT molecular complexity index is 1740. The first-order valence-electron chi connectivity index (χ1n) is 23.2. The van der Waals surface area contributed by atoms with Crippen molar-refractivity contribution in [2.75, 3.05) is 26.4 Å². The molecule has 4 aliphatic heterocycles. The van der Waals surface area contributed by atoms with Crippen molar-refractivity contribution in [3.63, 3.8) is 0 Å². The van der Waals surface area contributed by atoms with Crippen LogP contribution in [-0.2, 0) is 38.0 Å². The lowest BCUT2D eigenvalue weighted by molar-refractivity contribution is -0.377. The van der Waals surface area contributed by atoms with E-state index in [1.165, 1.54) is 0 Å². The summed E-state index contributed by atoms with van der Waals surface area (Å²) in [6, 6.07) is 0. The Balaban J connectivity index is 1.11. The zero-order chi connectivity index (χ0) is 48.0. The van der Waals surface area contributed by atoms with E-state index in [2.05, 4.69) is 13.5 Å². The molecule has 4 heterocycles. The molecule has 8 aliphatic rings. The van der Waals surface area contributed by atoms with Crippen LogP contribution in [0.2, 0.25) is 0 Å². The van der Waals surface area contributed by atoms with Crippen molar-refractivity contribution in [2.45, 2.75) is 194 Å². The molecule has 4 saturated carbocycles. The molecule has 0 aromatic carbocycles. The summed E-state index contributed by atoms with van der Waals surface area (Å²) in [5.74, 6) is -0.848. The van der Waals surface area contributed by atoms with Gasteiger partial charge in [0, 0.05) is 5.41 Å². The minimum absolute atomic E-state index is 0.00427. The van der Waals surface area contributed by atoms with Crippen LogP contribution in [0.15, 0.2) is 12.2 Å². The van der Waals surface area contributed by atoms with Gasteiger partial charge < -0.3 is 105 Å². The standard InChI is InChI=1S/C44H70O22/c1-17-11-43-9-5-22-41(2,7-4-8-42(22,3)40(59)66-39-33(58)30(55)26(51)20(14-47)63-39)23(43)6-10-44(17,16-43)36-35(65-38-32(57)29(54)25(50)19(13-46)62-38)34(27(52)21(15-48)60-36)64-37-31(56)28(53)24(49)18(12-45)61-37/h18-39,45-58H,1,4-16H2,2-3H3/t18-,19-,20-,21-,22?,23?,24-,25-,26+,27-,28+,29+,30-,31-,32-,33-,34+,35-,36-,37+,38+,39+,41-,42?,43-,44?/m1/s1. The molecule has 22 heteroatoms. The number of hydrogen-bond acceptors (Lipinski definition) is 22. The zero-order valence-corrected chi connectivity index (χ0v) is 37.1. The summed E-state index contributed by atoms with van der Waals surface area (Å²) in [6.45, 7) is 5.62. The SMILES string of the molecule is C=C1C[C@@]23CCC4C(C)(C(=O)O[C@@H]5O[C@H](CO)[C@H](O)[C@@H](O)[C@H]5O)CCC[C@@]4(C)C2CCC1([C@@H]1O[C@H](CO)[C@@H](O)[C@H](O[C@@H]2O[C@H](CO)[C@@H](O)[C@H](O)[C@H]2O)[C@H]1O[C@@H]1O[C@H](CO)[C@@H](O)[C@H](O)[C@H]1O)C3. The number of carbonyl (C=O) groups is 1. The molecule has 22 nitrogen and oxygen atoms in total. The fourth-order valence-corrected chi connectivity index (χ4v) is 14.0. The number of fused-ring (bicyclic) bond motifs is 3. The van der Waals surface area contributed by atoms with Crippen LogP contribution in [0, 0.1) is 33.5 Å². The number of aliphatic hydroxyl groups is 14. The van der Waals surface area contributed by atoms with Gasteiger partial charge in [-0.2, -0.15) is 0 Å². The third-order valence-electron chi connectivity index (χ3n) is 17.5. The van der Waals surface area contributed by atoms with Gasteiger partial charge in [0.15, 0.2) is 12.6 Å². The molecule has 8 rings (SSSR count). The fraction of sp³-hybridized carbons (Fsp3) is 0.932. The number of hydrogen-bond donors (Lipinski definition) is 14. The molecule has 4 unspecified atom stereocenters. The van der Waals surface area contributed by atoms with E-state index in [-0.39, 0.29) is 11.8 Å². The molecule has 0 aromatic rings. The lowest BCUT2D eigenvalue weighted by Gasteiger charge is -2.65. The van der Waals surface area contributed by atoms with Crippen LogP contribution < -0.4 is 0 Å². The van der Waals surface area contributed by atoms with Gasteiger partial charge >= 0.3 is 5.97 Å². The molecular formula is C44H70O22. The average molecular weight is 951 g/mol. The number of rotatable bonds is 11. The Morgan fingerprint density at radius 2 is 1.05 bits per heavy atom. The molecule has 0 aromatic heterocycles. The lowest BCUT2D eigenvalue weighted by atomic mass is 9.40. The maximum atomic E-state index is 14.3. The van der Waals surface area contributed by atoms with E-state index in [0.717, 1.165) is 12.0 Å². The number of ether oxygens (including phenoxy) is 7. The first-order valence-corrected chi connectivity index (χ1v) is 23.2. The topological polar surface area (TPSA) is 365 Å². The van der Waals surface area contributed by atoms with Crippen molar-refractivity contribution >= 4 is 5.97 Å². The number of aliphatic hydroxyl groups excluding tert-OH is 14. The Morgan fingerprint density at radius 3 is 1.58 bits per heavy atom. The quantitative estimate of drug-likeness (QED) is 0.0682. The van der Waals surface area contributed by atoms with Crippen molar-refractivity contribution < 1.29 is 109 Å². The molecule has 2 bridgehead atoms. The fourth-order valence-electron chi connectivity index (χ4n) is 14.0. The minimum Gasteiger partial charge on any atom is -0.432 e. The number of esters is 1. The van der Waals surface area contributed by atoms with Crippen LogP contribution in [0.1, 0.15) is 71.6 Å². The smallest absolute Gasteiger partial charge is 0.314 e. The Kier molecular flexibility index (Phi) is 14.5. The Hall–Kier alpha value is -1.59.